The Morgan fingerprint density at radius 1 is 1.50 bits per heavy atom. The highest BCUT2D eigenvalue weighted by atomic mass is 16.2. The molecule has 1 rings (SSSR count). The van der Waals surface area contributed by atoms with Crippen LogP contribution in [0.15, 0.2) is 12.7 Å². The van der Waals surface area contributed by atoms with Crippen molar-refractivity contribution in [2.75, 3.05) is 0 Å². The summed E-state index contributed by atoms with van der Waals surface area (Å²) in [5, 5.41) is 9.94. The van der Waals surface area contributed by atoms with Crippen molar-refractivity contribution in [2.45, 2.75) is 26.4 Å². The van der Waals surface area contributed by atoms with Gasteiger partial charge in [-0.25, -0.2) is 0 Å². The second-order valence-corrected chi connectivity index (χ2v) is 2.86. The van der Waals surface area contributed by atoms with Gasteiger partial charge in [0.1, 0.15) is 19.2 Å². The molecule has 1 heterocycles. The molecule has 5 heteroatoms. The van der Waals surface area contributed by atoms with Gasteiger partial charge in [-0.1, -0.05) is 0 Å². The molecule has 1 amide bonds. The number of carbonyl (C=O) groups excluding carboxylic acids is 1. The zero-order chi connectivity index (χ0) is 8.97. The lowest BCUT2D eigenvalue weighted by Gasteiger charge is -2.07. The van der Waals surface area contributed by atoms with E-state index in [-0.39, 0.29) is 18.5 Å². The molecule has 0 saturated heterocycles. The van der Waals surface area contributed by atoms with Gasteiger partial charge in [-0.15, -0.1) is 10.2 Å². The van der Waals surface area contributed by atoms with Gasteiger partial charge in [0.15, 0.2) is 0 Å². The number of nitrogens with zero attached hydrogens (tertiary/aromatic N) is 3. The van der Waals surface area contributed by atoms with Crippen molar-refractivity contribution in [3.8, 4) is 0 Å². The van der Waals surface area contributed by atoms with Gasteiger partial charge in [0, 0.05) is 6.04 Å². The Hall–Kier alpha value is -1.39. The second-order valence-electron chi connectivity index (χ2n) is 2.86. The fraction of sp³-hybridized carbons (Fsp3) is 0.571. The van der Waals surface area contributed by atoms with Crippen LogP contribution in [0.3, 0.4) is 0 Å². The zero-order valence-electron chi connectivity index (χ0n) is 7.19. The van der Waals surface area contributed by atoms with E-state index in [1.54, 1.807) is 4.57 Å². The molecule has 0 aromatic carbocycles. The summed E-state index contributed by atoms with van der Waals surface area (Å²) in [6.45, 7) is 4.12. The van der Waals surface area contributed by atoms with Gasteiger partial charge in [0.2, 0.25) is 5.91 Å². The summed E-state index contributed by atoms with van der Waals surface area (Å²) in [7, 11) is 0. The maximum Gasteiger partial charge on any atom is 0.240 e. The first-order valence-electron chi connectivity index (χ1n) is 3.80. The Kier molecular flexibility index (Phi) is 2.79. The van der Waals surface area contributed by atoms with Crippen LogP contribution in [0, 0.1) is 0 Å². The number of carbonyl (C=O) groups is 1. The maximum absolute atomic E-state index is 11.1. The lowest BCUT2D eigenvalue weighted by atomic mass is 10.4. The molecule has 5 nitrogen and oxygen atoms in total. The molecule has 0 unspecified atom stereocenters. The third-order valence-corrected chi connectivity index (χ3v) is 1.24. The molecule has 0 radical (unpaired) electrons. The standard InChI is InChI=1S/C7H12N4O/c1-6(2)10-7(12)3-11-4-8-9-5-11/h4-6H,3H2,1-2H3,(H,10,12). The number of hydrogen-bond acceptors (Lipinski definition) is 3. The van der Waals surface area contributed by atoms with Gasteiger partial charge >= 0.3 is 0 Å². The van der Waals surface area contributed by atoms with E-state index >= 15 is 0 Å². The Morgan fingerprint density at radius 2 is 2.08 bits per heavy atom. The van der Waals surface area contributed by atoms with Gasteiger partial charge in [-0.2, -0.15) is 0 Å². The van der Waals surface area contributed by atoms with Crippen molar-refractivity contribution in [3.05, 3.63) is 12.7 Å². The van der Waals surface area contributed by atoms with E-state index in [1.807, 2.05) is 13.8 Å². The van der Waals surface area contributed by atoms with Gasteiger partial charge in [-0.05, 0) is 13.8 Å². The van der Waals surface area contributed by atoms with Crippen molar-refractivity contribution in [3.63, 3.8) is 0 Å². The van der Waals surface area contributed by atoms with Crippen LogP contribution in [0.25, 0.3) is 0 Å². The number of aromatic nitrogens is 3. The second kappa shape index (κ2) is 3.85. The largest absolute Gasteiger partial charge is 0.352 e. The molecular weight excluding hydrogens is 156 g/mol. The third-order valence-electron chi connectivity index (χ3n) is 1.24. The van der Waals surface area contributed by atoms with E-state index in [9.17, 15) is 4.79 Å². The molecule has 0 fully saturated rings. The minimum Gasteiger partial charge on any atom is -0.352 e. The molecule has 0 aliphatic rings. The highest BCUT2D eigenvalue weighted by molar-refractivity contribution is 5.75. The first kappa shape index (κ1) is 8.70. The Labute approximate surface area is 70.8 Å². The summed E-state index contributed by atoms with van der Waals surface area (Å²) in [6.07, 6.45) is 3.03. The minimum atomic E-state index is -0.0233. The zero-order valence-corrected chi connectivity index (χ0v) is 7.19. The van der Waals surface area contributed by atoms with E-state index < -0.39 is 0 Å². The van der Waals surface area contributed by atoms with Gasteiger partial charge in [0.05, 0.1) is 0 Å². The molecule has 66 valence electrons. The van der Waals surface area contributed by atoms with Crippen molar-refractivity contribution in [1.82, 2.24) is 20.1 Å². The Balaban J connectivity index is 2.37. The van der Waals surface area contributed by atoms with Crippen LogP contribution in [0.5, 0.6) is 0 Å². The Morgan fingerprint density at radius 3 is 2.58 bits per heavy atom. The maximum atomic E-state index is 11.1. The van der Waals surface area contributed by atoms with E-state index in [1.165, 1.54) is 12.7 Å². The molecule has 1 aromatic rings. The van der Waals surface area contributed by atoms with E-state index in [4.69, 9.17) is 0 Å². The first-order chi connectivity index (χ1) is 5.68. The normalized spacial score (nSPS) is 10.2. The van der Waals surface area contributed by atoms with Crippen LogP contribution in [0.4, 0.5) is 0 Å². The monoisotopic (exact) mass is 168 g/mol. The van der Waals surface area contributed by atoms with Crippen LogP contribution in [-0.4, -0.2) is 26.7 Å². The van der Waals surface area contributed by atoms with Crippen molar-refractivity contribution in [2.24, 2.45) is 0 Å². The van der Waals surface area contributed by atoms with E-state index in [0.717, 1.165) is 0 Å². The highest BCUT2D eigenvalue weighted by Gasteiger charge is 2.02. The molecule has 0 aliphatic carbocycles. The third kappa shape index (κ3) is 2.69. The van der Waals surface area contributed by atoms with Gasteiger partial charge in [0.25, 0.3) is 0 Å². The van der Waals surface area contributed by atoms with E-state index in [0.29, 0.717) is 0 Å². The number of amides is 1. The van der Waals surface area contributed by atoms with E-state index in [2.05, 4.69) is 15.5 Å². The molecule has 0 saturated carbocycles. The summed E-state index contributed by atoms with van der Waals surface area (Å²) in [4.78, 5) is 11.1. The molecule has 0 bridgehead atoms. The SMILES string of the molecule is CC(C)NC(=O)Cn1cnnc1. The minimum absolute atomic E-state index is 0.0233. The van der Waals surface area contributed by atoms with Gasteiger partial charge < -0.3 is 9.88 Å². The van der Waals surface area contributed by atoms with Crippen molar-refractivity contribution in [1.29, 1.82) is 0 Å². The van der Waals surface area contributed by atoms with Crippen molar-refractivity contribution < 1.29 is 4.79 Å². The summed E-state index contributed by atoms with van der Waals surface area (Å²) < 4.78 is 1.62. The molecule has 0 atom stereocenters. The molecule has 0 aliphatic heterocycles. The molecule has 12 heavy (non-hydrogen) atoms. The van der Waals surface area contributed by atoms with Crippen LogP contribution < -0.4 is 5.32 Å². The Bertz CT molecular complexity index is 242. The molecule has 1 N–H and O–H groups in total. The topological polar surface area (TPSA) is 59.8 Å². The first-order valence-corrected chi connectivity index (χ1v) is 3.80. The smallest absolute Gasteiger partial charge is 0.240 e. The van der Waals surface area contributed by atoms with Crippen LogP contribution in [-0.2, 0) is 11.3 Å². The number of hydrogen-bond donors (Lipinski definition) is 1. The average molecular weight is 168 g/mol. The molecule has 0 spiro atoms. The van der Waals surface area contributed by atoms with Crippen molar-refractivity contribution >= 4 is 5.91 Å². The number of rotatable bonds is 3. The van der Waals surface area contributed by atoms with Crippen LogP contribution in [0.2, 0.25) is 0 Å². The lowest BCUT2D eigenvalue weighted by Crippen LogP contribution is -2.32. The van der Waals surface area contributed by atoms with Gasteiger partial charge in [-0.3, -0.25) is 4.79 Å². The summed E-state index contributed by atoms with van der Waals surface area (Å²) in [5.74, 6) is -0.0233. The number of nitrogens with one attached hydrogen (secondary N) is 1. The highest BCUT2D eigenvalue weighted by Crippen LogP contribution is 1.84. The summed E-state index contributed by atoms with van der Waals surface area (Å²) >= 11 is 0. The van der Waals surface area contributed by atoms with Crippen LogP contribution >= 0.6 is 0 Å². The quantitative estimate of drug-likeness (QED) is 0.680. The lowest BCUT2D eigenvalue weighted by molar-refractivity contribution is -0.122. The molecule has 1 aromatic heterocycles. The fourth-order valence-corrected chi connectivity index (χ4v) is 0.837. The summed E-state index contributed by atoms with van der Waals surface area (Å²) in [5.41, 5.74) is 0. The fourth-order valence-electron chi connectivity index (χ4n) is 0.837. The predicted molar refractivity (Wildman–Crippen MR) is 43.3 cm³/mol. The summed E-state index contributed by atoms with van der Waals surface area (Å²) in [6, 6.07) is 0.175. The average Bonchev–Trinajstić information content (AvgIpc) is 2.37. The van der Waals surface area contributed by atoms with Crippen LogP contribution in [0.1, 0.15) is 13.8 Å². The predicted octanol–water partition coefficient (Wildman–Crippen LogP) is -0.197. The molecular formula is C7H12N4O.